The summed E-state index contributed by atoms with van der Waals surface area (Å²) < 4.78 is 0. The molecule has 0 fully saturated rings. The van der Waals surface area contributed by atoms with E-state index >= 15 is 0 Å². The average Bonchev–Trinajstić information content (AvgIpc) is 2.38. The highest BCUT2D eigenvalue weighted by Gasteiger charge is 2.09. The molecule has 0 bridgehead atoms. The van der Waals surface area contributed by atoms with Crippen molar-refractivity contribution < 1.29 is 0 Å². The molecule has 1 N–H and O–H groups in total. The molecular weight excluding hydrogens is 267 g/mol. The number of aromatic nitrogens is 1. The minimum atomic E-state index is 0.162. The lowest BCUT2D eigenvalue weighted by Crippen LogP contribution is -2.18. The van der Waals surface area contributed by atoms with E-state index in [1.54, 1.807) is 6.20 Å². The molecule has 0 aliphatic carbocycles. The summed E-state index contributed by atoms with van der Waals surface area (Å²) in [6.45, 7) is 2.74. The topological polar surface area (TPSA) is 24.9 Å². The standard InChI is InChI=1S/C14H14Cl2N2/c1-10(12-6-2-3-7-13(12)15)18-9-11-5-4-8-17-14(11)16/h2-8,10,18H,9H2,1H3/t10-/m1/s1. The van der Waals surface area contributed by atoms with Gasteiger partial charge in [0.25, 0.3) is 0 Å². The van der Waals surface area contributed by atoms with Crippen molar-refractivity contribution in [3.8, 4) is 0 Å². The second-order valence-corrected chi connectivity index (χ2v) is 4.84. The Bertz CT molecular complexity index is 529. The van der Waals surface area contributed by atoms with Gasteiger partial charge in [-0.15, -0.1) is 0 Å². The molecule has 94 valence electrons. The molecule has 1 heterocycles. The van der Waals surface area contributed by atoms with Crippen molar-refractivity contribution in [3.63, 3.8) is 0 Å². The Morgan fingerprint density at radius 2 is 1.94 bits per heavy atom. The maximum Gasteiger partial charge on any atom is 0.133 e. The zero-order valence-electron chi connectivity index (χ0n) is 10.0. The number of nitrogens with zero attached hydrogens (tertiary/aromatic N) is 1. The van der Waals surface area contributed by atoms with Crippen molar-refractivity contribution in [3.05, 3.63) is 63.9 Å². The fourth-order valence-electron chi connectivity index (χ4n) is 1.75. The van der Waals surface area contributed by atoms with Crippen LogP contribution in [0.25, 0.3) is 0 Å². The van der Waals surface area contributed by atoms with Crippen LogP contribution in [0.1, 0.15) is 24.1 Å². The third kappa shape index (κ3) is 3.22. The van der Waals surface area contributed by atoms with Gasteiger partial charge in [0, 0.05) is 29.4 Å². The van der Waals surface area contributed by atoms with Crippen LogP contribution in [0.2, 0.25) is 10.2 Å². The molecule has 0 spiro atoms. The van der Waals surface area contributed by atoms with Gasteiger partial charge in [0.15, 0.2) is 0 Å². The second kappa shape index (κ2) is 6.19. The maximum absolute atomic E-state index is 6.15. The SMILES string of the molecule is C[C@@H](NCc1cccnc1Cl)c1ccccc1Cl. The third-order valence-corrected chi connectivity index (χ3v) is 3.49. The molecule has 0 aliphatic heterocycles. The lowest BCUT2D eigenvalue weighted by atomic mass is 10.1. The number of pyridine rings is 1. The van der Waals surface area contributed by atoms with Gasteiger partial charge in [0.1, 0.15) is 5.15 Å². The zero-order valence-corrected chi connectivity index (χ0v) is 11.5. The molecule has 1 atom stereocenters. The van der Waals surface area contributed by atoms with Crippen molar-refractivity contribution in [1.29, 1.82) is 0 Å². The summed E-state index contributed by atoms with van der Waals surface area (Å²) in [5, 5.41) is 4.70. The van der Waals surface area contributed by atoms with Crippen molar-refractivity contribution in [2.45, 2.75) is 19.5 Å². The summed E-state index contributed by atoms with van der Waals surface area (Å²) in [5.74, 6) is 0. The van der Waals surface area contributed by atoms with Crippen molar-refractivity contribution >= 4 is 23.2 Å². The minimum Gasteiger partial charge on any atom is -0.306 e. The normalized spacial score (nSPS) is 12.4. The first-order chi connectivity index (χ1) is 8.68. The van der Waals surface area contributed by atoms with E-state index in [4.69, 9.17) is 23.2 Å². The molecule has 0 amide bonds. The minimum absolute atomic E-state index is 0.162. The molecule has 2 nitrogen and oxygen atoms in total. The Balaban J connectivity index is 2.03. The van der Waals surface area contributed by atoms with Gasteiger partial charge in [-0.3, -0.25) is 0 Å². The van der Waals surface area contributed by atoms with Crippen LogP contribution in [0.5, 0.6) is 0 Å². The quantitative estimate of drug-likeness (QED) is 0.848. The highest BCUT2D eigenvalue weighted by molar-refractivity contribution is 6.31. The number of hydrogen-bond acceptors (Lipinski definition) is 2. The molecule has 2 rings (SSSR count). The Labute approximate surface area is 117 Å². The van der Waals surface area contributed by atoms with Crippen LogP contribution in [-0.4, -0.2) is 4.98 Å². The van der Waals surface area contributed by atoms with Crippen LogP contribution in [-0.2, 0) is 6.54 Å². The Morgan fingerprint density at radius 3 is 2.67 bits per heavy atom. The predicted octanol–water partition coefficient (Wildman–Crippen LogP) is 4.24. The Morgan fingerprint density at radius 1 is 1.17 bits per heavy atom. The van der Waals surface area contributed by atoms with Gasteiger partial charge in [0.2, 0.25) is 0 Å². The lowest BCUT2D eigenvalue weighted by Gasteiger charge is -2.15. The molecular formula is C14H14Cl2N2. The van der Waals surface area contributed by atoms with Crippen molar-refractivity contribution in [2.75, 3.05) is 0 Å². The van der Waals surface area contributed by atoms with Crippen LogP contribution in [0.15, 0.2) is 42.6 Å². The van der Waals surface area contributed by atoms with Gasteiger partial charge in [0.05, 0.1) is 0 Å². The Hall–Kier alpha value is -1.09. The van der Waals surface area contributed by atoms with E-state index in [0.717, 1.165) is 16.1 Å². The summed E-state index contributed by atoms with van der Waals surface area (Å²) in [4.78, 5) is 4.05. The van der Waals surface area contributed by atoms with E-state index in [1.165, 1.54) is 0 Å². The van der Waals surface area contributed by atoms with Gasteiger partial charge >= 0.3 is 0 Å². The summed E-state index contributed by atoms with van der Waals surface area (Å²) in [5.41, 5.74) is 2.07. The van der Waals surface area contributed by atoms with Gasteiger partial charge in [-0.25, -0.2) is 4.98 Å². The molecule has 0 radical (unpaired) electrons. The van der Waals surface area contributed by atoms with Gasteiger partial charge in [-0.2, -0.15) is 0 Å². The van der Waals surface area contributed by atoms with E-state index in [1.807, 2.05) is 36.4 Å². The number of nitrogens with one attached hydrogen (secondary N) is 1. The highest BCUT2D eigenvalue weighted by Crippen LogP contribution is 2.22. The predicted molar refractivity (Wildman–Crippen MR) is 76.0 cm³/mol. The first-order valence-electron chi connectivity index (χ1n) is 5.75. The van der Waals surface area contributed by atoms with E-state index in [2.05, 4.69) is 17.2 Å². The molecule has 18 heavy (non-hydrogen) atoms. The van der Waals surface area contributed by atoms with Gasteiger partial charge in [-0.1, -0.05) is 47.5 Å². The van der Waals surface area contributed by atoms with Crippen LogP contribution in [0, 0.1) is 0 Å². The van der Waals surface area contributed by atoms with Crippen LogP contribution in [0.3, 0.4) is 0 Å². The first-order valence-corrected chi connectivity index (χ1v) is 6.51. The van der Waals surface area contributed by atoms with Crippen LogP contribution in [0.4, 0.5) is 0 Å². The van der Waals surface area contributed by atoms with Crippen molar-refractivity contribution in [1.82, 2.24) is 10.3 Å². The number of hydrogen-bond donors (Lipinski definition) is 1. The molecule has 4 heteroatoms. The maximum atomic E-state index is 6.15. The first kappa shape index (κ1) is 13.3. The van der Waals surface area contributed by atoms with Crippen molar-refractivity contribution in [2.24, 2.45) is 0 Å². The lowest BCUT2D eigenvalue weighted by molar-refractivity contribution is 0.574. The molecule has 0 aliphatic rings. The summed E-state index contributed by atoms with van der Waals surface area (Å²) in [6.07, 6.45) is 1.68. The molecule has 0 saturated heterocycles. The van der Waals surface area contributed by atoms with Crippen LogP contribution < -0.4 is 5.32 Å². The number of benzene rings is 1. The molecule has 2 aromatic rings. The monoisotopic (exact) mass is 280 g/mol. The van der Waals surface area contributed by atoms with E-state index < -0.39 is 0 Å². The highest BCUT2D eigenvalue weighted by atomic mass is 35.5. The molecule has 1 aromatic heterocycles. The summed E-state index contributed by atoms with van der Waals surface area (Å²) in [7, 11) is 0. The van der Waals surface area contributed by atoms with Gasteiger partial charge < -0.3 is 5.32 Å². The molecule has 0 saturated carbocycles. The molecule has 0 unspecified atom stereocenters. The van der Waals surface area contributed by atoms with Gasteiger partial charge in [-0.05, 0) is 24.6 Å². The average molecular weight is 281 g/mol. The van der Waals surface area contributed by atoms with E-state index in [9.17, 15) is 0 Å². The zero-order chi connectivity index (χ0) is 13.0. The summed E-state index contributed by atoms with van der Waals surface area (Å²) >= 11 is 12.2. The van der Waals surface area contributed by atoms with E-state index in [0.29, 0.717) is 11.7 Å². The molecule has 1 aromatic carbocycles. The fraction of sp³-hybridized carbons (Fsp3) is 0.214. The Kier molecular flexibility index (Phi) is 4.59. The summed E-state index contributed by atoms with van der Waals surface area (Å²) in [6, 6.07) is 11.8. The number of halogens is 2. The second-order valence-electron chi connectivity index (χ2n) is 4.08. The number of rotatable bonds is 4. The third-order valence-electron chi connectivity index (χ3n) is 2.81. The van der Waals surface area contributed by atoms with Crippen LogP contribution >= 0.6 is 23.2 Å². The smallest absolute Gasteiger partial charge is 0.133 e. The fourth-order valence-corrected chi connectivity index (χ4v) is 2.24. The van der Waals surface area contributed by atoms with E-state index in [-0.39, 0.29) is 6.04 Å². The largest absolute Gasteiger partial charge is 0.306 e.